The first-order valence-corrected chi connectivity index (χ1v) is 6.43. The number of hydrogen-bond acceptors (Lipinski definition) is 4. The number of nitriles is 1. The maximum absolute atomic E-state index is 10.7. The molecule has 5 nitrogen and oxygen atoms in total. The third kappa shape index (κ3) is 4.77. The van der Waals surface area contributed by atoms with Gasteiger partial charge < -0.3 is 5.32 Å². The molecule has 0 aromatic heterocycles. The van der Waals surface area contributed by atoms with E-state index >= 15 is 0 Å². The molecule has 3 N–H and O–H groups in total. The Labute approximate surface area is 94.9 Å². The molecule has 0 bridgehead atoms. The van der Waals surface area contributed by atoms with E-state index in [-0.39, 0.29) is 12.3 Å². The second kappa shape index (κ2) is 5.49. The summed E-state index contributed by atoms with van der Waals surface area (Å²) >= 11 is 0. The van der Waals surface area contributed by atoms with Crippen LogP contribution in [0.15, 0.2) is 24.3 Å². The Kier molecular flexibility index (Phi) is 4.28. The molecule has 0 atom stereocenters. The van der Waals surface area contributed by atoms with Gasteiger partial charge in [0.05, 0.1) is 18.2 Å². The Morgan fingerprint density at radius 2 is 1.94 bits per heavy atom. The fourth-order valence-electron chi connectivity index (χ4n) is 1.17. The lowest BCUT2D eigenvalue weighted by Crippen LogP contribution is -2.22. The van der Waals surface area contributed by atoms with Gasteiger partial charge in [-0.1, -0.05) is 12.1 Å². The molecule has 0 aliphatic carbocycles. The largest absolute Gasteiger partial charge is 0.384 e. The molecule has 0 saturated heterocycles. The predicted molar refractivity (Wildman–Crippen MR) is 62.2 cm³/mol. The summed E-state index contributed by atoms with van der Waals surface area (Å²) in [6, 6.07) is 9.30. The van der Waals surface area contributed by atoms with Crippen molar-refractivity contribution in [3.05, 3.63) is 29.8 Å². The summed E-state index contributed by atoms with van der Waals surface area (Å²) in [5.41, 5.74) is 1.74. The summed E-state index contributed by atoms with van der Waals surface area (Å²) < 4.78 is 21.3. The molecule has 0 spiro atoms. The minimum absolute atomic E-state index is 0.104. The van der Waals surface area contributed by atoms with Crippen molar-refractivity contribution in [2.45, 2.75) is 6.42 Å². The second-order valence-electron chi connectivity index (χ2n) is 3.33. The van der Waals surface area contributed by atoms with Gasteiger partial charge in [0.1, 0.15) is 0 Å². The Bertz CT molecular complexity index is 474. The van der Waals surface area contributed by atoms with Gasteiger partial charge >= 0.3 is 0 Å². The van der Waals surface area contributed by atoms with Crippen LogP contribution < -0.4 is 10.5 Å². The first-order valence-electron chi connectivity index (χ1n) is 4.71. The molecular formula is C10H13N3O2S. The minimum atomic E-state index is -3.42. The van der Waals surface area contributed by atoms with Crippen molar-refractivity contribution < 1.29 is 8.42 Å². The average molecular weight is 239 g/mol. The molecule has 0 fully saturated rings. The van der Waals surface area contributed by atoms with E-state index in [0.29, 0.717) is 6.42 Å². The van der Waals surface area contributed by atoms with Gasteiger partial charge in [-0.25, -0.2) is 13.6 Å². The van der Waals surface area contributed by atoms with Crippen LogP contribution in [0.5, 0.6) is 0 Å². The number of sulfonamides is 1. The summed E-state index contributed by atoms with van der Waals surface area (Å²) in [6.45, 7) is 0.274. The van der Waals surface area contributed by atoms with Crippen LogP contribution in [-0.2, 0) is 16.4 Å². The highest BCUT2D eigenvalue weighted by atomic mass is 32.2. The van der Waals surface area contributed by atoms with E-state index in [1.54, 1.807) is 12.1 Å². The molecule has 86 valence electrons. The van der Waals surface area contributed by atoms with Crippen molar-refractivity contribution in [1.29, 1.82) is 5.26 Å². The van der Waals surface area contributed by atoms with E-state index in [4.69, 9.17) is 10.4 Å². The number of benzene rings is 1. The maximum atomic E-state index is 10.7. The number of nitrogens with zero attached hydrogens (tertiary/aromatic N) is 1. The summed E-state index contributed by atoms with van der Waals surface area (Å²) in [5.74, 6) is -0.104. The minimum Gasteiger partial charge on any atom is -0.384 e. The van der Waals surface area contributed by atoms with E-state index in [1.807, 2.05) is 12.1 Å². The maximum Gasteiger partial charge on any atom is 0.210 e. The molecule has 0 unspecified atom stereocenters. The molecule has 6 heteroatoms. The van der Waals surface area contributed by atoms with Gasteiger partial charge in [0.2, 0.25) is 10.0 Å². The van der Waals surface area contributed by atoms with Gasteiger partial charge in [-0.05, 0) is 17.7 Å². The highest BCUT2D eigenvalue weighted by Gasteiger charge is 2.01. The predicted octanol–water partition coefficient (Wildman–Crippen LogP) is 0.453. The van der Waals surface area contributed by atoms with Crippen LogP contribution >= 0.6 is 0 Å². The molecule has 0 radical (unpaired) electrons. The molecule has 0 aliphatic rings. The Hall–Kier alpha value is -1.58. The lowest BCUT2D eigenvalue weighted by atomic mass is 10.1. The summed E-state index contributed by atoms with van der Waals surface area (Å²) in [7, 11) is -3.42. The highest BCUT2D eigenvalue weighted by molar-refractivity contribution is 7.89. The van der Waals surface area contributed by atoms with Crippen LogP contribution in [-0.4, -0.2) is 20.7 Å². The Balaban J connectivity index is 2.47. The van der Waals surface area contributed by atoms with E-state index in [9.17, 15) is 8.42 Å². The zero-order valence-electron chi connectivity index (χ0n) is 8.68. The summed E-state index contributed by atoms with van der Waals surface area (Å²) in [5, 5.41) is 16.3. The third-order valence-corrected chi connectivity index (χ3v) is 2.73. The number of hydrogen-bond donors (Lipinski definition) is 2. The second-order valence-corrected chi connectivity index (χ2v) is 5.06. The smallest absolute Gasteiger partial charge is 0.210 e. The number of rotatable bonds is 5. The molecule has 0 heterocycles. The number of anilines is 1. The van der Waals surface area contributed by atoms with Crippen LogP contribution in [0.1, 0.15) is 5.56 Å². The van der Waals surface area contributed by atoms with Crippen LogP contribution in [0.25, 0.3) is 0 Å². The molecule has 0 aliphatic heterocycles. The van der Waals surface area contributed by atoms with Crippen molar-refractivity contribution in [3.63, 3.8) is 0 Å². The SMILES string of the molecule is N#CCc1ccc(NCCS(N)(=O)=O)cc1. The Morgan fingerprint density at radius 3 is 2.44 bits per heavy atom. The van der Waals surface area contributed by atoms with Gasteiger partial charge in [-0.2, -0.15) is 5.26 Å². The zero-order chi connectivity index (χ0) is 12.0. The number of primary sulfonamides is 1. The molecule has 1 rings (SSSR count). The van der Waals surface area contributed by atoms with E-state index < -0.39 is 10.0 Å². The number of nitrogens with one attached hydrogen (secondary N) is 1. The Morgan fingerprint density at radius 1 is 1.31 bits per heavy atom. The van der Waals surface area contributed by atoms with Gasteiger partial charge in [-0.15, -0.1) is 0 Å². The zero-order valence-corrected chi connectivity index (χ0v) is 9.50. The van der Waals surface area contributed by atoms with Crippen molar-refractivity contribution in [2.24, 2.45) is 5.14 Å². The monoisotopic (exact) mass is 239 g/mol. The summed E-state index contributed by atoms with van der Waals surface area (Å²) in [6.07, 6.45) is 0.372. The van der Waals surface area contributed by atoms with Gasteiger partial charge in [0.15, 0.2) is 0 Å². The average Bonchev–Trinajstić information content (AvgIpc) is 2.19. The topological polar surface area (TPSA) is 96.0 Å². The quantitative estimate of drug-likeness (QED) is 0.779. The normalized spacial score (nSPS) is 10.8. The first-order chi connectivity index (χ1) is 7.51. The fraction of sp³-hybridized carbons (Fsp3) is 0.300. The van der Waals surface area contributed by atoms with Gasteiger partial charge in [-0.3, -0.25) is 0 Å². The van der Waals surface area contributed by atoms with Gasteiger partial charge in [0.25, 0.3) is 0 Å². The van der Waals surface area contributed by atoms with Gasteiger partial charge in [0, 0.05) is 12.2 Å². The lowest BCUT2D eigenvalue weighted by molar-refractivity contribution is 0.598. The standard InChI is InChI=1S/C10H13N3O2S/c11-6-5-9-1-3-10(4-2-9)13-7-8-16(12,14)15/h1-4,13H,5,7-8H2,(H2,12,14,15). The number of nitrogens with two attached hydrogens (primary N) is 1. The van der Waals surface area contributed by atoms with Crippen LogP contribution in [0.4, 0.5) is 5.69 Å². The van der Waals surface area contributed by atoms with E-state index in [1.165, 1.54) is 0 Å². The fourth-order valence-corrected chi connectivity index (χ4v) is 1.56. The van der Waals surface area contributed by atoms with E-state index in [0.717, 1.165) is 11.3 Å². The van der Waals surface area contributed by atoms with Crippen molar-refractivity contribution in [3.8, 4) is 6.07 Å². The molecule has 0 amide bonds. The van der Waals surface area contributed by atoms with Crippen LogP contribution in [0.2, 0.25) is 0 Å². The van der Waals surface area contributed by atoms with E-state index in [2.05, 4.69) is 11.4 Å². The molecule has 0 saturated carbocycles. The first kappa shape index (κ1) is 12.5. The van der Waals surface area contributed by atoms with Crippen molar-refractivity contribution in [1.82, 2.24) is 0 Å². The molecule has 1 aromatic carbocycles. The van der Waals surface area contributed by atoms with Crippen molar-refractivity contribution >= 4 is 15.7 Å². The highest BCUT2D eigenvalue weighted by Crippen LogP contribution is 2.09. The lowest BCUT2D eigenvalue weighted by Gasteiger charge is -2.05. The summed E-state index contributed by atoms with van der Waals surface area (Å²) in [4.78, 5) is 0. The van der Waals surface area contributed by atoms with Crippen molar-refractivity contribution in [2.75, 3.05) is 17.6 Å². The van der Waals surface area contributed by atoms with Crippen LogP contribution in [0, 0.1) is 11.3 Å². The third-order valence-electron chi connectivity index (χ3n) is 1.95. The molecule has 1 aromatic rings. The van der Waals surface area contributed by atoms with Crippen LogP contribution in [0.3, 0.4) is 0 Å². The molecule has 16 heavy (non-hydrogen) atoms. The molecular weight excluding hydrogens is 226 g/mol.